The molecular weight excluding hydrogens is 396 g/mol. The van der Waals surface area contributed by atoms with E-state index in [2.05, 4.69) is 16.0 Å². The first-order chi connectivity index (χ1) is 14.8. The Hall–Kier alpha value is -3.68. The van der Waals surface area contributed by atoms with Gasteiger partial charge in [-0.15, -0.1) is 0 Å². The van der Waals surface area contributed by atoms with Gasteiger partial charge in [-0.2, -0.15) is 0 Å². The van der Waals surface area contributed by atoms with Gasteiger partial charge in [0.1, 0.15) is 6.54 Å². The summed E-state index contributed by atoms with van der Waals surface area (Å²) in [5, 5.41) is 7.51. The van der Waals surface area contributed by atoms with Crippen LogP contribution in [0.1, 0.15) is 31.4 Å². The molecule has 0 unspecified atom stereocenters. The van der Waals surface area contributed by atoms with E-state index in [0.717, 1.165) is 11.3 Å². The molecule has 0 aromatic heterocycles. The number of carbonyl (C=O) groups is 4. The number of nitrogens with zero attached hydrogens (tertiary/aromatic N) is 1. The molecule has 1 heterocycles. The topological polar surface area (TPSA) is 108 Å². The molecular formula is C23H26N4O4. The van der Waals surface area contributed by atoms with Gasteiger partial charge in [0.25, 0.3) is 5.91 Å². The van der Waals surface area contributed by atoms with Gasteiger partial charge in [-0.1, -0.05) is 74.5 Å². The van der Waals surface area contributed by atoms with Crippen molar-refractivity contribution < 1.29 is 19.2 Å². The van der Waals surface area contributed by atoms with E-state index in [1.54, 1.807) is 48.5 Å². The maximum absolute atomic E-state index is 13.5. The zero-order chi connectivity index (χ0) is 22.4. The van der Waals surface area contributed by atoms with Crippen molar-refractivity contribution in [1.29, 1.82) is 0 Å². The van der Waals surface area contributed by atoms with Gasteiger partial charge >= 0.3 is 12.1 Å². The molecule has 31 heavy (non-hydrogen) atoms. The molecule has 1 fully saturated rings. The highest BCUT2D eigenvalue weighted by atomic mass is 16.2. The summed E-state index contributed by atoms with van der Waals surface area (Å²) in [5.41, 5.74) is -0.290. The molecule has 1 saturated heterocycles. The standard InChI is InChI=1S/C23H26N4O4/c1-16(2)13-14-24-21(30)25-19(28)15-27-20(29)23(26-22(27)31,17-9-5-3-6-10-17)18-11-7-4-8-12-18/h3-12,16H,13-15H2,1-2H3,(H,26,31)(H2,24,25,28,30). The van der Waals surface area contributed by atoms with E-state index in [0.29, 0.717) is 23.6 Å². The summed E-state index contributed by atoms with van der Waals surface area (Å²) >= 11 is 0. The van der Waals surface area contributed by atoms with Crippen molar-refractivity contribution in [2.24, 2.45) is 5.92 Å². The third-order valence-corrected chi connectivity index (χ3v) is 5.08. The zero-order valence-electron chi connectivity index (χ0n) is 17.6. The Labute approximate surface area is 181 Å². The summed E-state index contributed by atoms with van der Waals surface area (Å²) in [4.78, 5) is 51.3. The fourth-order valence-electron chi connectivity index (χ4n) is 3.48. The van der Waals surface area contributed by atoms with E-state index < -0.39 is 36.0 Å². The Balaban J connectivity index is 1.78. The molecule has 0 bridgehead atoms. The predicted octanol–water partition coefficient (Wildman–Crippen LogP) is 2.35. The second-order valence-corrected chi connectivity index (χ2v) is 7.79. The van der Waals surface area contributed by atoms with E-state index in [-0.39, 0.29) is 0 Å². The molecule has 2 aromatic carbocycles. The minimum atomic E-state index is -1.45. The minimum absolute atomic E-state index is 0.408. The summed E-state index contributed by atoms with van der Waals surface area (Å²) in [6.45, 7) is 3.90. The average Bonchev–Trinajstić information content (AvgIpc) is 3.00. The molecule has 8 heteroatoms. The van der Waals surface area contributed by atoms with Crippen LogP contribution in [0, 0.1) is 5.92 Å². The SMILES string of the molecule is CC(C)CCNC(=O)NC(=O)CN1C(=O)NC(c2ccccc2)(c2ccccc2)C1=O. The van der Waals surface area contributed by atoms with Crippen molar-refractivity contribution in [3.05, 3.63) is 71.8 Å². The summed E-state index contributed by atoms with van der Waals surface area (Å²) in [6.07, 6.45) is 0.769. The van der Waals surface area contributed by atoms with Crippen LogP contribution in [0.4, 0.5) is 9.59 Å². The lowest BCUT2D eigenvalue weighted by molar-refractivity contribution is -0.134. The third-order valence-electron chi connectivity index (χ3n) is 5.08. The third kappa shape index (κ3) is 4.74. The first-order valence-corrected chi connectivity index (χ1v) is 10.2. The molecule has 0 atom stereocenters. The molecule has 0 spiro atoms. The molecule has 8 nitrogen and oxygen atoms in total. The molecule has 0 saturated carbocycles. The molecule has 2 aromatic rings. The lowest BCUT2D eigenvalue weighted by Gasteiger charge is -2.27. The molecule has 0 radical (unpaired) electrons. The van der Waals surface area contributed by atoms with Gasteiger partial charge in [-0.05, 0) is 23.5 Å². The summed E-state index contributed by atoms with van der Waals surface area (Å²) in [7, 11) is 0. The Morgan fingerprint density at radius 2 is 1.52 bits per heavy atom. The van der Waals surface area contributed by atoms with Gasteiger partial charge in [-0.25, -0.2) is 9.59 Å². The van der Waals surface area contributed by atoms with E-state index in [1.807, 2.05) is 26.0 Å². The quantitative estimate of drug-likeness (QED) is 0.595. The number of nitrogens with one attached hydrogen (secondary N) is 3. The highest BCUT2D eigenvalue weighted by molar-refractivity contribution is 6.12. The monoisotopic (exact) mass is 422 g/mol. The number of hydrogen-bond acceptors (Lipinski definition) is 4. The number of amides is 6. The fraction of sp³-hybridized carbons (Fsp3) is 0.304. The van der Waals surface area contributed by atoms with Gasteiger partial charge in [-0.3, -0.25) is 19.8 Å². The van der Waals surface area contributed by atoms with Crippen molar-refractivity contribution in [1.82, 2.24) is 20.9 Å². The highest BCUT2D eigenvalue weighted by Gasteiger charge is 2.54. The fourth-order valence-corrected chi connectivity index (χ4v) is 3.48. The van der Waals surface area contributed by atoms with Crippen LogP contribution in [0.5, 0.6) is 0 Å². The molecule has 1 aliphatic heterocycles. The predicted molar refractivity (Wildman–Crippen MR) is 115 cm³/mol. The lowest BCUT2D eigenvalue weighted by Crippen LogP contribution is -2.48. The molecule has 3 rings (SSSR count). The van der Waals surface area contributed by atoms with Crippen LogP contribution in [0.2, 0.25) is 0 Å². The van der Waals surface area contributed by atoms with E-state index in [4.69, 9.17) is 0 Å². The second kappa shape index (κ2) is 9.42. The maximum Gasteiger partial charge on any atom is 0.326 e. The molecule has 3 N–H and O–H groups in total. The Bertz CT molecular complexity index is 921. The van der Waals surface area contributed by atoms with Crippen LogP contribution < -0.4 is 16.0 Å². The van der Waals surface area contributed by atoms with E-state index in [1.165, 1.54) is 0 Å². The first-order valence-electron chi connectivity index (χ1n) is 10.2. The van der Waals surface area contributed by atoms with Crippen molar-refractivity contribution in [3.63, 3.8) is 0 Å². The average molecular weight is 422 g/mol. The van der Waals surface area contributed by atoms with Crippen molar-refractivity contribution in [2.45, 2.75) is 25.8 Å². The van der Waals surface area contributed by atoms with Gasteiger partial charge in [0.2, 0.25) is 5.91 Å². The zero-order valence-corrected chi connectivity index (χ0v) is 17.6. The summed E-state index contributed by atoms with van der Waals surface area (Å²) in [5.74, 6) is -0.918. The molecule has 0 aliphatic carbocycles. The van der Waals surface area contributed by atoms with Gasteiger partial charge < -0.3 is 10.6 Å². The van der Waals surface area contributed by atoms with Crippen LogP contribution in [-0.4, -0.2) is 41.9 Å². The lowest BCUT2D eigenvalue weighted by atomic mass is 9.82. The van der Waals surface area contributed by atoms with E-state index >= 15 is 0 Å². The minimum Gasteiger partial charge on any atom is -0.338 e. The first kappa shape index (κ1) is 22.0. The van der Waals surface area contributed by atoms with Crippen LogP contribution >= 0.6 is 0 Å². The van der Waals surface area contributed by atoms with Crippen LogP contribution in [0.3, 0.4) is 0 Å². The van der Waals surface area contributed by atoms with Gasteiger partial charge in [0.15, 0.2) is 5.54 Å². The number of rotatable bonds is 7. The molecule has 1 aliphatic rings. The van der Waals surface area contributed by atoms with Crippen molar-refractivity contribution in [2.75, 3.05) is 13.1 Å². The second-order valence-electron chi connectivity index (χ2n) is 7.79. The normalized spacial score (nSPS) is 15.0. The van der Waals surface area contributed by atoms with Crippen molar-refractivity contribution >= 4 is 23.9 Å². The Morgan fingerprint density at radius 3 is 2.03 bits per heavy atom. The van der Waals surface area contributed by atoms with E-state index in [9.17, 15) is 19.2 Å². The smallest absolute Gasteiger partial charge is 0.326 e. The number of imide groups is 2. The molecule has 162 valence electrons. The molecule has 6 amide bonds. The maximum atomic E-state index is 13.5. The van der Waals surface area contributed by atoms with Gasteiger partial charge in [0.05, 0.1) is 0 Å². The summed E-state index contributed by atoms with van der Waals surface area (Å²) in [6, 6.07) is 16.4. The highest BCUT2D eigenvalue weighted by Crippen LogP contribution is 2.35. The number of benzene rings is 2. The van der Waals surface area contributed by atoms with Crippen LogP contribution in [0.25, 0.3) is 0 Å². The number of carbonyl (C=O) groups excluding carboxylic acids is 4. The Morgan fingerprint density at radius 1 is 0.968 bits per heavy atom. The summed E-state index contributed by atoms with van der Waals surface area (Å²) < 4.78 is 0. The van der Waals surface area contributed by atoms with Gasteiger partial charge in [0, 0.05) is 6.54 Å². The Kier molecular flexibility index (Phi) is 6.69. The van der Waals surface area contributed by atoms with Crippen LogP contribution in [0.15, 0.2) is 60.7 Å². The van der Waals surface area contributed by atoms with Crippen LogP contribution in [-0.2, 0) is 15.1 Å². The largest absolute Gasteiger partial charge is 0.338 e. The van der Waals surface area contributed by atoms with Crippen molar-refractivity contribution in [3.8, 4) is 0 Å². The number of hydrogen-bond donors (Lipinski definition) is 3. The number of urea groups is 2.